The number of amides is 1. The highest BCUT2D eigenvalue weighted by atomic mass is 16.3. The van der Waals surface area contributed by atoms with Gasteiger partial charge < -0.3 is 10.0 Å². The highest BCUT2D eigenvalue weighted by molar-refractivity contribution is 5.94. The number of likely N-dealkylation sites (tertiary alicyclic amines) is 1. The minimum absolute atomic E-state index is 0.00712. The molecule has 0 saturated carbocycles. The molecule has 0 aliphatic carbocycles. The third-order valence-corrected chi connectivity index (χ3v) is 4.07. The zero-order chi connectivity index (χ0) is 16.2. The maximum atomic E-state index is 12.5. The van der Waals surface area contributed by atoms with Crippen LogP contribution in [0, 0.1) is 17.2 Å². The molecular weight excluding hydrogens is 292 g/mol. The Bertz CT molecular complexity index is 725. The quantitative estimate of drug-likeness (QED) is 0.914. The number of pyridine rings is 2. The van der Waals surface area contributed by atoms with Gasteiger partial charge in [0.15, 0.2) is 0 Å². The molecule has 0 unspecified atom stereocenters. The number of hydrogen-bond donors (Lipinski definition) is 1. The number of carbonyl (C=O) groups excluding carboxylic acids is 1. The molecule has 6 nitrogen and oxygen atoms in total. The summed E-state index contributed by atoms with van der Waals surface area (Å²) in [6.07, 6.45) is 5.02. The molecule has 1 fully saturated rings. The molecule has 0 bridgehead atoms. The fraction of sp³-hybridized carbons (Fsp3) is 0.294. The van der Waals surface area contributed by atoms with Crippen LogP contribution in [0.4, 0.5) is 0 Å². The molecule has 116 valence electrons. The largest absolute Gasteiger partial charge is 0.391 e. The number of rotatable bonds is 3. The molecule has 1 aliphatic heterocycles. The van der Waals surface area contributed by atoms with Crippen LogP contribution in [0.2, 0.25) is 0 Å². The Balaban J connectivity index is 1.67. The van der Waals surface area contributed by atoms with E-state index in [-0.39, 0.29) is 17.5 Å². The van der Waals surface area contributed by atoms with Gasteiger partial charge in [-0.1, -0.05) is 0 Å². The van der Waals surface area contributed by atoms with Crippen molar-refractivity contribution < 1.29 is 9.90 Å². The second kappa shape index (κ2) is 6.55. The topological polar surface area (TPSA) is 90.1 Å². The first-order chi connectivity index (χ1) is 11.2. The summed E-state index contributed by atoms with van der Waals surface area (Å²) in [5.41, 5.74) is 1.80. The highest BCUT2D eigenvalue weighted by Gasteiger charge is 2.34. The van der Waals surface area contributed by atoms with Gasteiger partial charge in [-0.25, -0.2) is 4.98 Å². The van der Waals surface area contributed by atoms with Crippen LogP contribution in [0.1, 0.15) is 21.6 Å². The van der Waals surface area contributed by atoms with Gasteiger partial charge in [0.2, 0.25) is 0 Å². The number of hydrogen-bond acceptors (Lipinski definition) is 5. The minimum Gasteiger partial charge on any atom is -0.391 e. The Morgan fingerprint density at radius 1 is 1.30 bits per heavy atom. The van der Waals surface area contributed by atoms with Gasteiger partial charge in [0.25, 0.3) is 5.91 Å². The Morgan fingerprint density at radius 2 is 2.09 bits per heavy atom. The number of nitrogens with zero attached hydrogens (tertiary/aromatic N) is 4. The number of aliphatic hydroxyl groups is 1. The zero-order valence-electron chi connectivity index (χ0n) is 12.5. The van der Waals surface area contributed by atoms with Crippen molar-refractivity contribution in [1.82, 2.24) is 14.9 Å². The molecule has 0 spiro atoms. The van der Waals surface area contributed by atoms with Gasteiger partial charge in [-0.2, -0.15) is 5.26 Å². The first-order valence-electron chi connectivity index (χ1n) is 7.40. The third kappa shape index (κ3) is 3.35. The zero-order valence-corrected chi connectivity index (χ0v) is 12.5. The van der Waals surface area contributed by atoms with Gasteiger partial charge in [-0.3, -0.25) is 9.78 Å². The monoisotopic (exact) mass is 308 g/mol. The number of aliphatic hydroxyl groups excluding tert-OH is 1. The van der Waals surface area contributed by atoms with E-state index in [1.807, 2.05) is 18.2 Å². The maximum absolute atomic E-state index is 12.5. The summed E-state index contributed by atoms with van der Waals surface area (Å²) in [5, 5.41) is 19.0. The van der Waals surface area contributed by atoms with E-state index < -0.39 is 6.10 Å². The van der Waals surface area contributed by atoms with E-state index in [1.165, 1.54) is 12.3 Å². The first kappa shape index (κ1) is 15.1. The molecule has 2 aromatic rings. The Kier molecular flexibility index (Phi) is 4.31. The Hall–Kier alpha value is -2.78. The molecule has 23 heavy (non-hydrogen) atoms. The lowest BCUT2D eigenvalue weighted by Gasteiger charge is -2.16. The molecule has 1 aliphatic rings. The van der Waals surface area contributed by atoms with Crippen molar-refractivity contribution in [3.63, 3.8) is 0 Å². The van der Waals surface area contributed by atoms with Crippen molar-refractivity contribution in [3.05, 3.63) is 59.7 Å². The van der Waals surface area contributed by atoms with Crippen molar-refractivity contribution in [1.29, 1.82) is 5.26 Å². The van der Waals surface area contributed by atoms with Crippen molar-refractivity contribution in [2.75, 3.05) is 13.1 Å². The maximum Gasteiger partial charge on any atom is 0.255 e. The summed E-state index contributed by atoms with van der Waals surface area (Å²) in [6.45, 7) is 0.816. The first-order valence-corrected chi connectivity index (χ1v) is 7.40. The van der Waals surface area contributed by atoms with Crippen LogP contribution in [-0.2, 0) is 6.42 Å². The highest BCUT2D eigenvalue weighted by Crippen LogP contribution is 2.23. The molecular formula is C17H16N4O2. The molecule has 2 atom stereocenters. The summed E-state index contributed by atoms with van der Waals surface area (Å²) in [6, 6.07) is 8.88. The molecule has 3 heterocycles. The lowest BCUT2D eigenvalue weighted by molar-refractivity contribution is 0.0764. The van der Waals surface area contributed by atoms with Gasteiger partial charge in [0.05, 0.1) is 11.7 Å². The van der Waals surface area contributed by atoms with Crippen LogP contribution in [0.15, 0.2) is 42.9 Å². The fourth-order valence-corrected chi connectivity index (χ4v) is 2.81. The average molecular weight is 308 g/mol. The van der Waals surface area contributed by atoms with Crippen LogP contribution in [0.5, 0.6) is 0 Å². The van der Waals surface area contributed by atoms with E-state index >= 15 is 0 Å². The fourth-order valence-electron chi connectivity index (χ4n) is 2.81. The molecule has 2 aromatic heterocycles. The molecule has 3 rings (SSSR count). The van der Waals surface area contributed by atoms with Gasteiger partial charge in [0, 0.05) is 37.6 Å². The lowest BCUT2D eigenvalue weighted by atomic mass is 9.97. The van der Waals surface area contributed by atoms with E-state index in [1.54, 1.807) is 23.4 Å². The summed E-state index contributed by atoms with van der Waals surface area (Å²) < 4.78 is 0. The van der Waals surface area contributed by atoms with Crippen LogP contribution in [0.3, 0.4) is 0 Å². The van der Waals surface area contributed by atoms with Gasteiger partial charge >= 0.3 is 0 Å². The van der Waals surface area contributed by atoms with Crippen LogP contribution in [0.25, 0.3) is 0 Å². The number of aromatic nitrogens is 2. The Morgan fingerprint density at radius 3 is 2.74 bits per heavy atom. The number of carbonyl (C=O) groups is 1. The molecule has 0 aromatic carbocycles. The summed E-state index contributed by atoms with van der Waals surface area (Å²) in [4.78, 5) is 22.0. The molecule has 1 saturated heterocycles. The van der Waals surface area contributed by atoms with Gasteiger partial charge in [-0.15, -0.1) is 0 Å². The summed E-state index contributed by atoms with van der Waals surface area (Å²) >= 11 is 0. The minimum atomic E-state index is -0.543. The van der Waals surface area contributed by atoms with Crippen molar-refractivity contribution in [2.45, 2.75) is 12.5 Å². The SMILES string of the molecule is N#Cc1ccc(C(=O)N2C[C@@H](Cc3ccncc3)[C@@H](O)C2)cn1. The summed E-state index contributed by atoms with van der Waals surface area (Å²) in [7, 11) is 0. The van der Waals surface area contributed by atoms with Crippen LogP contribution < -0.4 is 0 Å². The standard InChI is InChI=1S/C17H16N4O2/c18-8-15-2-1-13(9-20-15)17(23)21-10-14(16(22)11-21)7-12-3-5-19-6-4-12/h1-6,9,14,16,22H,7,10-11H2/t14-,16+/m1/s1. The second-order valence-electron chi connectivity index (χ2n) is 5.64. The molecule has 1 amide bonds. The van der Waals surface area contributed by atoms with E-state index in [0.717, 1.165) is 5.56 Å². The summed E-state index contributed by atoms with van der Waals surface area (Å²) in [5.74, 6) is -0.161. The average Bonchev–Trinajstić information content (AvgIpc) is 2.96. The van der Waals surface area contributed by atoms with Crippen molar-refractivity contribution in [3.8, 4) is 6.07 Å². The normalized spacial score (nSPS) is 20.3. The van der Waals surface area contributed by atoms with E-state index in [4.69, 9.17) is 5.26 Å². The van der Waals surface area contributed by atoms with Crippen molar-refractivity contribution >= 4 is 5.91 Å². The molecule has 1 N–H and O–H groups in total. The van der Waals surface area contributed by atoms with E-state index in [2.05, 4.69) is 9.97 Å². The van der Waals surface area contributed by atoms with Gasteiger partial charge in [-0.05, 0) is 36.2 Å². The van der Waals surface area contributed by atoms with Crippen LogP contribution in [-0.4, -0.2) is 45.1 Å². The van der Waals surface area contributed by atoms with Crippen molar-refractivity contribution in [2.24, 2.45) is 5.92 Å². The number of β-amino-alcohol motifs (C(OH)–C–C–N with tert-alkyl or cyclic N) is 1. The lowest BCUT2D eigenvalue weighted by Crippen LogP contribution is -2.29. The van der Waals surface area contributed by atoms with E-state index in [0.29, 0.717) is 25.1 Å². The third-order valence-electron chi connectivity index (χ3n) is 4.07. The second-order valence-corrected chi connectivity index (χ2v) is 5.64. The molecule has 6 heteroatoms. The van der Waals surface area contributed by atoms with Crippen LogP contribution >= 0.6 is 0 Å². The predicted octanol–water partition coefficient (Wildman–Crippen LogP) is 1.02. The predicted molar refractivity (Wildman–Crippen MR) is 82.3 cm³/mol. The van der Waals surface area contributed by atoms with E-state index in [9.17, 15) is 9.90 Å². The number of nitriles is 1. The van der Waals surface area contributed by atoms with Gasteiger partial charge in [0.1, 0.15) is 11.8 Å². The smallest absolute Gasteiger partial charge is 0.255 e. The Labute approximate surface area is 134 Å². The molecule has 0 radical (unpaired) electrons.